The normalized spacial score (nSPS) is 11.9. The first kappa shape index (κ1) is 20.2. The van der Waals surface area contributed by atoms with Crippen molar-refractivity contribution in [2.24, 2.45) is 0 Å². The lowest BCUT2D eigenvalue weighted by Gasteiger charge is -2.14. The van der Waals surface area contributed by atoms with Crippen LogP contribution >= 0.6 is 11.3 Å². The van der Waals surface area contributed by atoms with Crippen LogP contribution in [0.2, 0.25) is 0 Å². The molecule has 0 N–H and O–H groups in total. The van der Waals surface area contributed by atoms with Gasteiger partial charge in [0.25, 0.3) is 5.56 Å². The van der Waals surface area contributed by atoms with Crippen molar-refractivity contribution >= 4 is 21.6 Å². The number of hydrogen-bond donors (Lipinski definition) is 0. The van der Waals surface area contributed by atoms with Crippen LogP contribution in [0.15, 0.2) is 64.2 Å². The van der Waals surface area contributed by atoms with Crippen molar-refractivity contribution in [1.82, 2.24) is 9.13 Å². The highest BCUT2D eigenvalue weighted by atomic mass is 32.1. The topological polar surface area (TPSA) is 44.0 Å². The number of aryl methyl sites for hydroxylation is 2. The number of halogens is 3. The summed E-state index contributed by atoms with van der Waals surface area (Å²) in [5.74, 6) is 0. The van der Waals surface area contributed by atoms with Crippen molar-refractivity contribution in [2.75, 3.05) is 0 Å². The van der Waals surface area contributed by atoms with Gasteiger partial charge < -0.3 is 0 Å². The summed E-state index contributed by atoms with van der Waals surface area (Å²) in [6.45, 7) is 3.84. The molecule has 8 heteroatoms. The molecule has 0 saturated carbocycles. The second kappa shape index (κ2) is 7.28. The van der Waals surface area contributed by atoms with E-state index in [2.05, 4.69) is 0 Å². The Balaban J connectivity index is 2.05. The molecule has 0 amide bonds. The van der Waals surface area contributed by atoms with E-state index in [4.69, 9.17) is 0 Å². The van der Waals surface area contributed by atoms with Gasteiger partial charge in [-0.2, -0.15) is 13.2 Å². The second-order valence-electron chi connectivity index (χ2n) is 7.01. The third kappa shape index (κ3) is 3.37. The van der Waals surface area contributed by atoms with Crippen molar-refractivity contribution in [3.8, 4) is 5.69 Å². The van der Waals surface area contributed by atoms with Crippen molar-refractivity contribution in [3.05, 3.63) is 97.0 Å². The second-order valence-corrected chi connectivity index (χ2v) is 8.21. The summed E-state index contributed by atoms with van der Waals surface area (Å²) in [5, 5.41) is 0.352. The van der Waals surface area contributed by atoms with Crippen LogP contribution in [0.5, 0.6) is 0 Å². The monoisotopic (exact) mass is 430 g/mol. The molecule has 0 aliphatic carbocycles. The summed E-state index contributed by atoms with van der Waals surface area (Å²) in [7, 11) is 0. The van der Waals surface area contributed by atoms with E-state index in [0.29, 0.717) is 10.2 Å². The van der Waals surface area contributed by atoms with Gasteiger partial charge in [-0.1, -0.05) is 36.4 Å². The zero-order valence-electron chi connectivity index (χ0n) is 16.2. The number of aromatic nitrogens is 2. The Hall–Kier alpha value is -3.13. The van der Waals surface area contributed by atoms with Gasteiger partial charge in [-0.3, -0.25) is 9.36 Å². The summed E-state index contributed by atoms with van der Waals surface area (Å²) in [5.41, 5.74) is -0.732. The fraction of sp³-hybridized carbons (Fsp3) is 0.182. The van der Waals surface area contributed by atoms with Gasteiger partial charge in [-0.05, 0) is 43.2 Å². The van der Waals surface area contributed by atoms with Gasteiger partial charge in [0.1, 0.15) is 4.83 Å². The van der Waals surface area contributed by atoms with Crippen molar-refractivity contribution in [3.63, 3.8) is 0 Å². The molecule has 30 heavy (non-hydrogen) atoms. The molecular weight excluding hydrogens is 413 g/mol. The van der Waals surface area contributed by atoms with Crippen LogP contribution in [0.25, 0.3) is 15.9 Å². The van der Waals surface area contributed by atoms with E-state index in [0.717, 1.165) is 32.7 Å². The number of thiophene rings is 1. The van der Waals surface area contributed by atoms with E-state index in [1.165, 1.54) is 28.0 Å². The summed E-state index contributed by atoms with van der Waals surface area (Å²) in [6.07, 6.45) is -4.58. The quantitative estimate of drug-likeness (QED) is 0.464. The molecule has 2 aromatic carbocycles. The van der Waals surface area contributed by atoms with Crippen molar-refractivity contribution < 1.29 is 13.2 Å². The summed E-state index contributed by atoms with van der Waals surface area (Å²) >= 11 is 1.33. The van der Waals surface area contributed by atoms with Crippen molar-refractivity contribution in [2.45, 2.75) is 26.6 Å². The van der Waals surface area contributed by atoms with E-state index in [-0.39, 0.29) is 12.2 Å². The van der Waals surface area contributed by atoms with Crippen LogP contribution in [0.4, 0.5) is 13.2 Å². The first-order chi connectivity index (χ1) is 14.2. The lowest BCUT2D eigenvalue weighted by Crippen LogP contribution is -2.39. The molecule has 0 fully saturated rings. The Morgan fingerprint density at radius 1 is 0.967 bits per heavy atom. The summed E-state index contributed by atoms with van der Waals surface area (Å²) in [4.78, 5) is 28.0. The van der Waals surface area contributed by atoms with Crippen molar-refractivity contribution in [1.29, 1.82) is 0 Å². The fourth-order valence-corrected chi connectivity index (χ4v) is 4.55. The Labute approximate surface area is 173 Å². The molecule has 2 aromatic heterocycles. The average molecular weight is 430 g/mol. The minimum Gasteiger partial charge on any atom is -0.280 e. The van der Waals surface area contributed by atoms with Crippen LogP contribution in [0.1, 0.15) is 21.6 Å². The predicted molar refractivity (Wildman–Crippen MR) is 112 cm³/mol. The maximum atomic E-state index is 13.3. The Morgan fingerprint density at radius 3 is 2.33 bits per heavy atom. The zero-order valence-corrected chi connectivity index (χ0v) is 17.0. The van der Waals surface area contributed by atoms with Gasteiger partial charge in [0, 0.05) is 4.88 Å². The number of hydrogen-bond acceptors (Lipinski definition) is 3. The van der Waals surface area contributed by atoms with E-state index in [1.54, 1.807) is 6.92 Å². The Kier molecular flexibility index (Phi) is 4.89. The minimum atomic E-state index is -4.58. The van der Waals surface area contributed by atoms with Gasteiger partial charge in [0.15, 0.2) is 0 Å². The molecule has 4 nitrogen and oxygen atoms in total. The lowest BCUT2D eigenvalue weighted by atomic mass is 10.1. The third-order valence-electron chi connectivity index (χ3n) is 5.07. The fourth-order valence-electron chi connectivity index (χ4n) is 3.41. The molecule has 4 aromatic rings. The van der Waals surface area contributed by atoms with E-state index in [9.17, 15) is 22.8 Å². The van der Waals surface area contributed by atoms with E-state index >= 15 is 0 Å². The molecule has 154 valence electrons. The number of fused-ring (bicyclic) bond motifs is 1. The third-order valence-corrected chi connectivity index (χ3v) is 6.30. The number of rotatable bonds is 3. The lowest BCUT2D eigenvalue weighted by molar-refractivity contribution is -0.137. The summed E-state index contributed by atoms with van der Waals surface area (Å²) < 4.78 is 41.9. The van der Waals surface area contributed by atoms with Gasteiger partial charge in [0.2, 0.25) is 0 Å². The number of alkyl halides is 3. The summed E-state index contributed by atoms with van der Waals surface area (Å²) in [6, 6.07) is 13.5. The molecule has 0 saturated heterocycles. The first-order valence-electron chi connectivity index (χ1n) is 9.15. The highest BCUT2D eigenvalue weighted by Gasteiger charge is 2.31. The van der Waals surface area contributed by atoms with Gasteiger partial charge >= 0.3 is 11.9 Å². The van der Waals surface area contributed by atoms with Gasteiger partial charge in [0.05, 0.1) is 23.2 Å². The largest absolute Gasteiger partial charge is 0.416 e. The smallest absolute Gasteiger partial charge is 0.280 e. The molecule has 0 aliphatic rings. The highest BCUT2D eigenvalue weighted by molar-refractivity contribution is 7.18. The molecule has 2 heterocycles. The maximum absolute atomic E-state index is 13.3. The number of benzene rings is 2. The molecule has 0 unspecified atom stereocenters. The number of nitrogens with zero attached hydrogens (tertiary/aromatic N) is 2. The molecule has 0 spiro atoms. The molecule has 0 aliphatic heterocycles. The minimum absolute atomic E-state index is 0.105. The van der Waals surface area contributed by atoms with E-state index in [1.807, 2.05) is 37.3 Å². The van der Waals surface area contributed by atoms with Crippen LogP contribution in [-0.4, -0.2) is 9.13 Å². The molecule has 4 rings (SSSR count). The molecular formula is C22H17F3N2O2S. The van der Waals surface area contributed by atoms with E-state index < -0.39 is 23.0 Å². The van der Waals surface area contributed by atoms with Gasteiger partial charge in [-0.15, -0.1) is 11.3 Å². The first-order valence-corrected chi connectivity index (χ1v) is 9.97. The molecule has 0 atom stereocenters. The standard InChI is InChI=1S/C22H17F3N2O2S/c1-13-14(2)30-20-18(13)19(28)27(17-10-6-9-16(11-17)22(23,24)25)21(29)26(20)12-15-7-4-3-5-8-15/h3-11H,12H2,1-2H3. The predicted octanol–water partition coefficient (Wildman–Crippen LogP) is 4.90. The maximum Gasteiger partial charge on any atom is 0.416 e. The average Bonchev–Trinajstić information content (AvgIpc) is 3.00. The van der Waals surface area contributed by atoms with Crippen LogP contribution in [-0.2, 0) is 12.7 Å². The Bertz CT molecular complexity index is 1370. The Morgan fingerprint density at radius 2 is 1.67 bits per heavy atom. The zero-order chi connectivity index (χ0) is 21.6. The van der Waals surface area contributed by atoms with Crippen LogP contribution < -0.4 is 11.2 Å². The highest BCUT2D eigenvalue weighted by Crippen LogP contribution is 2.31. The van der Waals surface area contributed by atoms with Crippen LogP contribution in [0.3, 0.4) is 0 Å². The molecule has 0 bridgehead atoms. The van der Waals surface area contributed by atoms with Crippen LogP contribution in [0, 0.1) is 13.8 Å². The SMILES string of the molecule is Cc1sc2c(c1C)c(=O)n(-c1cccc(C(F)(F)F)c1)c(=O)n2Cc1ccccc1. The van der Waals surface area contributed by atoms with Gasteiger partial charge in [-0.25, -0.2) is 9.36 Å². The molecule has 0 radical (unpaired) electrons.